The smallest absolute Gasteiger partial charge is 0.252 e. The van der Waals surface area contributed by atoms with E-state index in [1.807, 2.05) is 23.2 Å². The Bertz CT molecular complexity index is 481. The first kappa shape index (κ1) is 14.4. The van der Waals surface area contributed by atoms with E-state index in [9.17, 15) is 4.79 Å². The molecular formula is C14H17NO2S2. The van der Waals surface area contributed by atoms with Crippen LogP contribution in [0.2, 0.25) is 0 Å². The maximum Gasteiger partial charge on any atom is 0.252 e. The minimum Gasteiger partial charge on any atom is -0.395 e. The van der Waals surface area contributed by atoms with Gasteiger partial charge >= 0.3 is 0 Å². The maximum absolute atomic E-state index is 12.1. The SMILES string of the molecule is O=C(NC1CCSCC1)c1csc(C#CCCO)c1. The number of rotatable bonds is 3. The Morgan fingerprint density at radius 3 is 3.00 bits per heavy atom. The molecule has 3 nitrogen and oxygen atoms in total. The van der Waals surface area contributed by atoms with E-state index < -0.39 is 0 Å². The van der Waals surface area contributed by atoms with Gasteiger partial charge in [-0.25, -0.2) is 0 Å². The molecule has 1 aliphatic heterocycles. The maximum atomic E-state index is 12.1. The van der Waals surface area contributed by atoms with Crippen LogP contribution in [0.3, 0.4) is 0 Å². The van der Waals surface area contributed by atoms with Crippen LogP contribution in [0, 0.1) is 11.8 Å². The highest BCUT2D eigenvalue weighted by Crippen LogP contribution is 2.18. The van der Waals surface area contributed by atoms with Crippen LogP contribution in [0.5, 0.6) is 0 Å². The lowest BCUT2D eigenvalue weighted by atomic mass is 10.1. The molecule has 1 fully saturated rings. The number of hydrogen-bond acceptors (Lipinski definition) is 4. The van der Waals surface area contributed by atoms with E-state index >= 15 is 0 Å². The molecule has 0 radical (unpaired) electrons. The molecule has 102 valence electrons. The molecule has 1 aliphatic rings. The van der Waals surface area contributed by atoms with Crippen LogP contribution in [-0.4, -0.2) is 35.2 Å². The van der Waals surface area contributed by atoms with Crippen LogP contribution in [0.25, 0.3) is 0 Å². The summed E-state index contributed by atoms with van der Waals surface area (Å²) in [6, 6.07) is 2.14. The number of hydrogen-bond donors (Lipinski definition) is 2. The fourth-order valence-corrected chi connectivity index (χ4v) is 3.70. The second-order valence-electron chi connectivity index (χ2n) is 4.34. The van der Waals surface area contributed by atoms with Crippen molar-refractivity contribution in [2.45, 2.75) is 25.3 Å². The number of carbonyl (C=O) groups excluding carboxylic acids is 1. The minimum absolute atomic E-state index is 0.00311. The van der Waals surface area contributed by atoms with Crippen molar-refractivity contribution in [3.05, 3.63) is 21.9 Å². The third-order valence-corrected chi connectivity index (χ3v) is 4.76. The first-order valence-corrected chi connectivity index (χ1v) is 8.40. The molecule has 0 atom stereocenters. The average molecular weight is 295 g/mol. The highest BCUT2D eigenvalue weighted by atomic mass is 32.2. The Morgan fingerprint density at radius 2 is 2.26 bits per heavy atom. The van der Waals surface area contributed by atoms with Crippen LogP contribution in [0.1, 0.15) is 34.5 Å². The average Bonchev–Trinajstić information content (AvgIpc) is 2.89. The molecule has 0 aliphatic carbocycles. The molecule has 2 rings (SSSR count). The van der Waals surface area contributed by atoms with Gasteiger partial charge in [0.25, 0.3) is 5.91 Å². The van der Waals surface area contributed by atoms with Gasteiger partial charge in [-0.2, -0.15) is 11.8 Å². The predicted molar refractivity (Wildman–Crippen MR) is 80.7 cm³/mol. The zero-order valence-corrected chi connectivity index (χ0v) is 12.3. The van der Waals surface area contributed by atoms with E-state index in [2.05, 4.69) is 17.2 Å². The van der Waals surface area contributed by atoms with Gasteiger partial charge in [0.2, 0.25) is 0 Å². The van der Waals surface area contributed by atoms with Crippen molar-refractivity contribution >= 4 is 29.0 Å². The summed E-state index contributed by atoms with van der Waals surface area (Å²) in [5, 5.41) is 13.6. The number of amides is 1. The predicted octanol–water partition coefficient (Wildman–Crippen LogP) is 2.11. The molecule has 19 heavy (non-hydrogen) atoms. The Morgan fingerprint density at radius 1 is 1.47 bits per heavy atom. The summed E-state index contributed by atoms with van der Waals surface area (Å²) in [6.45, 7) is 0.0748. The number of carbonyl (C=O) groups is 1. The van der Waals surface area contributed by atoms with Gasteiger partial charge < -0.3 is 10.4 Å². The molecule has 2 heterocycles. The van der Waals surface area contributed by atoms with E-state index in [1.165, 1.54) is 11.3 Å². The van der Waals surface area contributed by atoms with Gasteiger partial charge in [-0.15, -0.1) is 11.3 Å². The van der Waals surface area contributed by atoms with Crippen molar-refractivity contribution in [1.82, 2.24) is 5.32 Å². The van der Waals surface area contributed by atoms with Crippen LogP contribution in [0.4, 0.5) is 0 Å². The van der Waals surface area contributed by atoms with Crippen molar-refractivity contribution in [2.24, 2.45) is 0 Å². The largest absolute Gasteiger partial charge is 0.395 e. The lowest BCUT2D eigenvalue weighted by Crippen LogP contribution is -2.37. The quantitative estimate of drug-likeness (QED) is 0.840. The van der Waals surface area contributed by atoms with Crippen molar-refractivity contribution in [2.75, 3.05) is 18.1 Å². The number of aliphatic hydroxyl groups is 1. The van der Waals surface area contributed by atoms with E-state index in [0.717, 1.165) is 29.2 Å². The van der Waals surface area contributed by atoms with E-state index in [4.69, 9.17) is 5.11 Å². The van der Waals surface area contributed by atoms with Crippen molar-refractivity contribution in [3.63, 3.8) is 0 Å². The summed E-state index contributed by atoms with van der Waals surface area (Å²) in [7, 11) is 0. The normalized spacial score (nSPS) is 15.6. The molecule has 5 heteroatoms. The van der Waals surface area contributed by atoms with Gasteiger partial charge in [-0.1, -0.05) is 11.8 Å². The highest BCUT2D eigenvalue weighted by Gasteiger charge is 2.17. The zero-order valence-electron chi connectivity index (χ0n) is 10.6. The summed E-state index contributed by atoms with van der Waals surface area (Å²) >= 11 is 3.42. The second-order valence-corrected chi connectivity index (χ2v) is 6.47. The van der Waals surface area contributed by atoms with Crippen LogP contribution in [0.15, 0.2) is 11.4 Å². The zero-order chi connectivity index (χ0) is 13.5. The minimum atomic E-state index is 0.00311. The molecule has 2 N–H and O–H groups in total. The monoisotopic (exact) mass is 295 g/mol. The Balaban J connectivity index is 1.90. The van der Waals surface area contributed by atoms with Crippen LogP contribution in [-0.2, 0) is 0 Å². The summed E-state index contributed by atoms with van der Waals surface area (Å²) in [5.41, 5.74) is 0.691. The number of nitrogens with one attached hydrogen (secondary N) is 1. The van der Waals surface area contributed by atoms with E-state index in [-0.39, 0.29) is 12.5 Å². The lowest BCUT2D eigenvalue weighted by Gasteiger charge is -2.22. The molecule has 1 amide bonds. The van der Waals surface area contributed by atoms with Crippen molar-refractivity contribution < 1.29 is 9.90 Å². The molecule has 0 unspecified atom stereocenters. The third kappa shape index (κ3) is 4.57. The Kier molecular flexibility index (Phi) is 5.77. The van der Waals surface area contributed by atoms with Crippen molar-refractivity contribution in [3.8, 4) is 11.8 Å². The molecule has 0 saturated carbocycles. The van der Waals surface area contributed by atoms with Gasteiger partial charge in [0, 0.05) is 17.8 Å². The third-order valence-electron chi connectivity index (χ3n) is 2.87. The highest BCUT2D eigenvalue weighted by molar-refractivity contribution is 7.99. The molecule has 0 aromatic carbocycles. The second kappa shape index (κ2) is 7.59. The summed E-state index contributed by atoms with van der Waals surface area (Å²) < 4.78 is 0. The first-order valence-electron chi connectivity index (χ1n) is 6.36. The van der Waals surface area contributed by atoms with E-state index in [0.29, 0.717) is 18.0 Å². The molecule has 1 saturated heterocycles. The summed E-state index contributed by atoms with van der Waals surface area (Å²) in [4.78, 5) is 12.9. The summed E-state index contributed by atoms with van der Waals surface area (Å²) in [6.07, 6.45) is 2.59. The fraction of sp³-hybridized carbons (Fsp3) is 0.500. The van der Waals surface area contributed by atoms with Gasteiger partial charge in [0.05, 0.1) is 17.0 Å². The van der Waals surface area contributed by atoms with Crippen molar-refractivity contribution in [1.29, 1.82) is 0 Å². The number of thiophene rings is 1. The first-order chi connectivity index (χ1) is 9.29. The standard InChI is InChI=1S/C14H17NO2S2/c16-6-2-1-3-13-9-11(10-19-13)14(17)15-12-4-7-18-8-5-12/h9-10,12,16H,2,4-8H2,(H,15,17). The molecule has 0 spiro atoms. The lowest BCUT2D eigenvalue weighted by molar-refractivity contribution is 0.0935. The molecular weight excluding hydrogens is 278 g/mol. The topological polar surface area (TPSA) is 49.3 Å². The molecule has 1 aromatic heterocycles. The fourth-order valence-electron chi connectivity index (χ4n) is 1.84. The number of thioether (sulfide) groups is 1. The Labute approximate surface area is 121 Å². The molecule has 1 aromatic rings. The van der Waals surface area contributed by atoms with Crippen LogP contribution < -0.4 is 5.32 Å². The summed E-state index contributed by atoms with van der Waals surface area (Å²) in [5.74, 6) is 8.08. The number of aliphatic hydroxyl groups excluding tert-OH is 1. The van der Waals surface area contributed by atoms with Gasteiger partial charge in [-0.05, 0) is 30.4 Å². The van der Waals surface area contributed by atoms with Gasteiger partial charge in [0.15, 0.2) is 0 Å². The van der Waals surface area contributed by atoms with Gasteiger partial charge in [-0.3, -0.25) is 4.79 Å². The van der Waals surface area contributed by atoms with Crippen LogP contribution >= 0.6 is 23.1 Å². The molecule has 0 bridgehead atoms. The Hall–Kier alpha value is -0.960. The van der Waals surface area contributed by atoms with Gasteiger partial charge in [0.1, 0.15) is 0 Å². The van der Waals surface area contributed by atoms with E-state index in [1.54, 1.807) is 0 Å².